The predicted octanol–water partition coefficient (Wildman–Crippen LogP) is 4.38. The molecule has 4 heterocycles. The standard InChI is InChI=1S/C25H26FN5O4S.C3H8O.HIS/c1-16-21-22(33)30(15-20(32)28-10-3-4-11-28)25(34)29(24(21)36-23(16)31-12-5-9-27-31)13-8-17-14-18(26)6-7-19(17)35-2;1-3(2)4;1-2/h5-7,9,12,14H,3-4,8,10-11,13,15H2,1-2H3;3-4H,1-2H3;2H. The lowest BCUT2D eigenvalue weighted by Gasteiger charge is -2.17. The van der Waals surface area contributed by atoms with Crippen LogP contribution < -0.4 is 16.0 Å². The van der Waals surface area contributed by atoms with E-state index in [1.165, 1.54) is 35.1 Å². The van der Waals surface area contributed by atoms with Gasteiger partial charge in [0.15, 0.2) is 0 Å². The monoisotopic (exact) mass is 731 g/mol. The fraction of sp³-hybridized carbons (Fsp3) is 0.429. The van der Waals surface area contributed by atoms with Crippen LogP contribution in [-0.2, 0) is 24.3 Å². The van der Waals surface area contributed by atoms with E-state index in [-0.39, 0.29) is 25.1 Å². The van der Waals surface area contributed by atoms with Crippen LogP contribution >= 0.6 is 42.3 Å². The third kappa shape index (κ3) is 7.82. The van der Waals surface area contributed by atoms with Crippen molar-refractivity contribution in [2.45, 2.75) is 59.2 Å². The van der Waals surface area contributed by atoms with Gasteiger partial charge in [0.25, 0.3) is 5.56 Å². The molecule has 1 fully saturated rings. The van der Waals surface area contributed by atoms with Crippen LogP contribution in [0.2, 0.25) is 0 Å². The molecule has 1 N–H and O–H groups in total. The number of halogens is 2. The lowest BCUT2D eigenvalue weighted by Crippen LogP contribution is -2.44. The molecule has 1 amide bonds. The van der Waals surface area contributed by atoms with Gasteiger partial charge in [-0.1, -0.05) is 11.3 Å². The number of amides is 1. The minimum atomic E-state index is -0.566. The van der Waals surface area contributed by atoms with Crippen molar-refractivity contribution < 1.29 is 19.0 Å². The summed E-state index contributed by atoms with van der Waals surface area (Å²) in [6.07, 6.45) is 5.36. The maximum Gasteiger partial charge on any atom is 0.332 e. The molecule has 228 valence electrons. The van der Waals surface area contributed by atoms with Crippen molar-refractivity contribution in [2.75, 3.05) is 20.2 Å². The number of carbonyl (C=O) groups excluding carboxylic acids is 1. The summed E-state index contributed by atoms with van der Waals surface area (Å²) < 4.78 is 23.5. The van der Waals surface area contributed by atoms with Gasteiger partial charge < -0.3 is 14.7 Å². The second-order valence-electron chi connectivity index (χ2n) is 9.88. The highest BCUT2D eigenvalue weighted by atomic mass is 127. The van der Waals surface area contributed by atoms with Crippen LogP contribution in [0.5, 0.6) is 5.75 Å². The average molecular weight is 732 g/mol. The number of fused-ring (bicyclic) bond motifs is 1. The Balaban J connectivity index is 0.000000745. The summed E-state index contributed by atoms with van der Waals surface area (Å²) in [7, 11) is 5.00. The fourth-order valence-electron chi connectivity index (χ4n) is 4.70. The Morgan fingerprint density at radius 1 is 1.21 bits per heavy atom. The third-order valence-corrected chi connectivity index (χ3v) is 7.89. The van der Waals surface area contributed by atoms with Gasteiger partial charge in [-0.05, 0) is 91.1 Å². The molecule has 1 saturated heterocycles. The van der Waals surface area contributed by atoms with E-state index in [1.807, 2.05) is 28.1 Å². The first-order valence-electron chi connectivity index (χ1n) is 13.3. The second kappa shape index (κ2) is 15.7. The molecule has 1 aliphatic heterocycles. The number of likely N-dealkylation sites (tertiary alicyclic amines) is 1. The average Bonchev–Trinajstić information content (AvgIpc) is 3.74. The van der Waals surface area contributed by atoms with E-state index >= 15 is 0 Å². The van der Waals surface area contributed by atoms with E-state index in [9.17, 15) is 18.8 Å². The number of hydrogen-bond acceptors (Lipinski definition) is 8. The molecule has 5 rings (SSSR count). The van der Waals surface area contributed by atoms with Gasteiger partial charge in [0, 0.05) is 43.7 Å². The van der Waals surface area contributed by atoms with Crippen molar-refractivity contribution in [2.24, 2.45) is 0 Å². The van der Waals surface area contributed by atoms with E-state index in [4.69, 9.17) is 9.84 Å². The van der Waals surface area contributed by atoms with E-state index in [1.54, 1.807) is 48.0 Å². The molecule has 0 aliphatic carbocycles. The number of aryl methyl sites for hydroxylation is 3. The number of methoxy groups -OCH3 is 1. The molecule has 0 bridgehead atoms. The predicted molar refractivity (Wildman–Crippen MR) is 175 cm³/mol. The SMILES string of the molecule is CC(C)O.COc1ccc(F)cc1CCn1c(=O)n(CC(=O)N2CCCC2)c(=O)c2c(C)c(-n3cccn3)sc21.SI. The van der Waals surface area contributed by atoms with Crippen molar-refractivity contribution in [1.29, 1.82) is 0 Å². The first kappa shape index (κ1) is 33.8. The van der Waals surface area contributed by atoms with Crippen LogP contribution in [0.25, 0.3) is 15.2 Å². The highest BCUT2D eigenvalue weighted by molar-refractivity contribution is 14.2. The number of aliphatic hydroxyl groups excluding tert-OH is 1. The van der Waals surface area contributed by atoms with Gasteiger partial charge in [0.05, 0.1) is 12.5 Å². The van der Waals surface area contributed by atoms with Crippen LogP contribution in [0.1, 0.15) is 37.8 Å². The molecule has 1 aromatic carbocycles. The number of thiophene rings is 1. The molecule has 14 heteroatoms. The highest BCUT2D eigenvalue weighted by Gasteiger charge is 2.25. The lowest BCUT2D eigenvalue weighted by atomic mass is 10.1. The molecular formula is C28H35FIN5O5S2. The van der Waals surface area contributed by atoms with Crippen LogP contribution in [0.4, 0.5) is 4.39 Å². The first-order chi connectivity index (χ1) is 20.1. The van der Waals surface area contributed by atoms with Crippen LogP contribution in [-0.4, -0.2) is 61.1 Å². The maximum atomic E-state index is 13.9. The lowest BCUT2D eigenvalue weighted by molar-refractivity contribution is -0.130. The Bertz CT molecular complexity index is 1610. The highest BCUT2D eigenvalue weighted by Crippen LogP contribution is 2.31. The summed E-state index contributed by atoms with van der Waals surface area (Å²) in [5.74, 6) is -0.139. The Morgan fingerprint density at radius 2 is 1.88 bits per heavy atom. The number of ether oxygens (including phenoxy) is 1. The number of thiol groups is 1. The number of aliphatic hydroxyl groups is 1. The Labute approximate surface area is 264 Å². The molecule has 4 aromatic rings. The Hall–Kier alpha value is -2.69. The Morgan fingerprint density at radius 3 is 2.48 bits per heavy atom. The summed E-state index contributed by atoms with van der Waals surface area (Å²) in [4.78, 5) is 42.3. The topological polar surface area (TPSA) is 112 Å². The van der Waals surface area contributed by atoms with E-state index < -0.39 is 17.1 Å². The maximum absolute atomic E-state index is 13.9. The molecule has 0 saturated carbocycles. The van der Waals surface area contributed by atoms with Gasteiger partial charge in [0.1, 0.15) is 27.9 Å². The molecule has 0 spiro atoms. The fourth-order valence-corrected chi connectivity index (χ4v) is 5.97. The second-order valence-corrected chi connectivity index (χ2v) is 10.9. The molecule has 42 heavy (non-hydrogen) atoms. The van der Waals surface area contributed by atoms with Crippen LogP contribution in [0.3, 0.4) is 0 Å². The minimum Gasteiger partial charge on any atom is -0.496 e. The normalized spacial score (nSPS) is 12.6. The van der Waals surface area contributed by atoms with Gasteiger partial charge in [0.2, 0.25) is 5.91 Å². The zero-order valence-electron chi connectivity index (χ0n) is 23.9. The Kier molecular flexibility index (Phi) is 12.6. The van der Waals surface area contributed by atoms with Gasteiger partial charge in [-0.15, -0.1) is 9.80 Å². The molecule has 0 atom stereocenters. The number of aromatic nitrogens is 4. The smallest absolute Gasteiger partial charge is 0.332 e. The molecular weight excluding hydrogens is 696 g/mol. The van der Waals surface area contributed by atoms with E-state index in [0.717, 1.165) is 17.4 Å². The summed E-state index contributed by atoms with van der Waals surface area (Å²) in [5, 5.41) is 13.4. The number of carbonyl (C=O) groups is 1. The van der Waals surface area contributed by atoms with Crippen LogP contribution in [0, 0.1) is 12.7 Å². The van der Waals surface area contributed by atoms with Crippen molar-refractivity contribution >= 4 is 58.5 Å². The summed E-state index contributed by atoms with van der Waals surface area (Å²) in [6.45, 7) is 6.37. The van der Waals surface area contributed by atoms with Crippen molar-refractivity contribution in [3.05, 3.63) is 74.4 Å². The molecule has 1 aliphatic rings. The molecule has 10 nitrogen and oxygen atoms in total. The van der Waals surface area contributed by atoms with Gasteiger partial charge >= 0.3 is 5.69 Å². The quantitative estimate of drug-likeness (QED) is 0.216. The summed E-state index contributed by atoms with van der Waals surface area (Å²) >= 11 is 3.13. The number of benzene rings is 1. The zero-order chi connectivity index (χ0) is 31.0. The van der Waals surface area contributed by atoms with Crippen molar-refractivity contribution in [3.63, 3.8) is 0 Å². The zero-order valence-corrected chi connectivity index (χ0v) is 27.8. The third-order valence-electron chi connectivity index (χ3n) is 6.58. The summed E-state index contributed by atoms with van der Waals surface area (Å²) in [5.41, 5.74) is 0.227. The number of hydrogen-bond donors (Lipinski definition) is 2. The van der Waals surface area contributed by atoms with Crippen LogP contribution in [0.15, 0.2) is 46.2 Å². The van der Waals surface area contributed by atoms with Gasteiger partial charge in [-0.3, -0.25) is 18.7 Å². The first-order valence-corrected chi connectivity index (χ1v) is 17.4. The van der Waals surface area contributed by atoms with E-state index in [2.05, 4.69) is 14.9 Å². The summed E-state index contributed by atoms with van der Waals surface area (Å²) in [6, 6.07) is 6.02. The van der Waals surface area contributed by atoms with Gasteiger partial charge in [-0.2, -0.15) is 5.10 Å². The molecule has 0 unspecified atom stereocenters. The minimum absolute atomic E-state index is 0.167. The van der Waals surface area contributed by atoms with E-state index in [0.29, 0.717) is 51.6 Å². The van der Waals surface area contributed by atoms with Gasteiger partial charge in [-0.25, -0.2) is 13.9 Å². The number of nitrogens with zero attached hydrogens (tertiary/aromatic N) is 5. The largest absolute Gasteiger partial charge is 0.496 e. The number of rotatable bonds is 7. The van der Waals surface area contributed by atoms with Crippen molar-refractivity contribution in [3.8, 4) is 10.8 Å². The molecule has 3 aromatic heterocycles. The molecule has 0 radical (unpaired) electrons. The van der Waals surface area contributed by atoms with Crippen molar-refractivity contribution in [1.82, 2.24) is 23.8 Å².